The lowest BCUT2D eigenvalue weighted by atomic mass is 10.1. The quantitative estimate of drug-likeness (QED) is 0.659. The Morgan fingerprint density at radius 2 is 1.93 bits per heavy atom. The van der Waals surface area contributed by atoms with Crippen molar-refractivity contribution < 1.29 is 17.6 Å². The number of nitrogens with one attached hydrogen (secondary N) is 2. The van der Waals surface area contributed by atoms with Gasteiger partial charge in [0.1, 0.15) is 5.82 Å². The van der Waals surface area contributed by atoms with Gasteiger partial charge < -0.3 is 5.32 Å². The predicted octanol–water partition coefficient (Wildman–Crippen LogP) is 3.70. The van der Waals surface area contributed by atoms with Gasteiger partial charge in [0, 0.05) is 17.6 Å². The Labute approximate surface area is 162 Å². The first-order valence-electron chi connectivity index (χ1n) is 8.79. The Hall–Kier alpha value is -2.84. The fraction of sp³-hybridized carbons (Fsp3) is 0.200. The molecule has 3 rings (SSSR count). The summed E-state index contributed by atoms with van der Waals surface area (Å²) in [7, 11) is -3.86. The van der Waals surface area contributed by atoms with Crippen LogP contribution in [0.15, 0.2) is 59.6 Å². The Kier molecular flexibility index (Phi) is 5.71. The normalized spacial score (nSPS) is 12.7. The molecule has 0 aliphatic carbocycles. The largest absolute Gasteiger partial charge is 0.321 e. The minimum absolute atomic E-state index is 0.168. The monoisotopic (exact) mass is 401 g/mol. The predicted molar refractivity (Wildman–Crippen MR) is 106 cm³/mol. The van der Waals surface area contributed by atoms with E-state index in [4.69, 9.17) is 0 Å². The molecular formula is C20H20FN3O3S. The van der Waals surface area contributed by atoms with Gasteiger partial charge in [-0.1, -0.05) is 25.1 Å². The van der Waals surface area contributed by atoms with Crippen LogP contribution >= 0.6 is 0 Å². The summed E-state index contributed by atoms with van der Waals surface area (Å²) in [6.45, 7) is 3.57. The molecule has 1 heterocycles. The van der Waals surface area contributed by atoms with Crippen LogP contribution in [-0.4, -0.2) is 25.4 Å². The van der Waals surface area contributed by atoms with E-state index in [0.29, 0.717) is 23.0 Å². The van der Waals surface area contributed by atoms with Gasteiger partial charge in [-0.15, -0.1) is 0 Å². The number of benzene rings is 2. The third-order valence-corrected chi connectivity index (χ3v) is 5.95. The van der Waals surface area contributed by atoms with Gasteiger partial charge in [0.25, 0.3) is 5.91 Å². The maximum absolute atomic E-state index is 14.3. The first kappa shape index (κ1) is 19.9. The van der Waals surface area contributed by atoms with Crippen molar-refractivity contribution in [3.8, 4) is 0 Å². The molecule has 146 valence electrons. The maximum Gasteiger partial charge on any atom is 0.258 e. The number of rotatable bonds is 6. The zero-order valence-corrected chi connectivity index (χ0v) is 16.3. The van der Waals surface area contributed by atoms with E-state index in [1.165, 1.54) is 6.20 Å². The molecule has 6 nitrogen and oxygen atoms in total. The fourth-order valence-corrected chi connectivity index (χ4v) is 4.01. The lowest BCUT2D eigenvalue weighted by Crippen LogP contribution is -2.32. The van der Waals surface area contributed by atoms with E-state index in [2.05, 4.69) is 15.0 Å². The summed E-state index contributed by atoms with van der Waals surface area (Å²) in [6, 6.07) is 11.7. The molecule has 28 heavy (non-hydrogen) atoms. The van der Waals surface area contributed by atoms with Crippen molar-refractivity contribution in [1.29, 1.82) is 0 Å². The number of hydrogen-bond acceptors (Lipinski definition) is 4. The van der Waals surface area contributed by atoms with Crippen LogP contribution in [0.25, 0.3) is 10.9 Å². The molecule has 0 aliphatic heterocycles. The number of fused-ring (bicyclic) bond motifs is 1. The first-order valence-corrected chi connectivity index (χ1v) is 10.3. The highest BCUT2D eigenvalue weighted by Gasteiger charge is 2.21. The number of pyridine rings is 1. The summed E-state index contributed by atoms with van der Waals surface area (Å²) < 4.78 is 41.7. The van der Waals surface area contributed by atoms with Crippen LogP contribution in [0.2, 0.25) is 0 Å². The second-order valence-electron chi connectivity index (χ2n) is 6.40. The number of amides is 1. The zero-order valence-electron chi connectivity index (χ0n) is 15.4. The molecule has 0 bridgehead atoms. The van der Waals surface area contributed by atoms with Crippen molar-refractivity contribution in [2.24, 2.45) is 0 Å². The van der Waals surface area contributed by atoms with E-state index < -0.39 is 21.7 Å². The summed E-state index contributed by atoms with van der Waals surface area (Å²) in [5, 5.41) is 3.33. The highest BCUT2D eigenvalue weighted by atomic mass is 32.2. The van der Waals surface area contributed by atoms with Gasteiger partial charge in [-0.05, 0) is 43.7 Å². The molecule has 0 saturated heterocycles. The molecule has 0 fully saturated rings. The van der Waals surface area contributed by atoms with Gasteiger partial charge in [0.2, 0.25) is 10.0 Å². The number of carbonyl (C=O) groups excluding carboxylic acids is 1. The Bertz CT molecular complexity index is 1130. The molecule has 2 N–H and O–H groups in total. The van der Waals surface area contributed by atoms with Crippen molar-refractivity contribution >= 4 is 32.5 Å². The lowest BCUT2D eigenvalue weighted by molar-refractivity contribution is 0.102. The van der Waals surface area contributed by atoms with Crippen LogP contribution in [0, 0.1) is 5.82 Å². The molecule has 3 aromatic rings. The topological polar surface area (TPSA) is 88.2 Å². The van der Waals surface area contributed by atoms with Crippen molar-refractivity contribution in [2.45, 2.75) is 31.2 Å². The van der Waals surface area contributed by atoms with Crippen LogP contribution in [0.4, 0.5) is 10.1 Å². The molecule has 0 aliphatic rings. The molecule has 0 saturated carbocycles. The van der Waals surface area contributed by atoms with Gasteiger partial charge in [0.05, 0.1) is 21.7 Å². The van der Waals surface area contributed by atoms with Crippen molar-refractivity contribution in [2.75, 3.05) is 5.32 Å². The molecule has 8 heteroatoms. The smallest absolute Gasteiger partial charge is 0.258 e. The summed E-state index contributed by atoms with van der Waals surface area (Å²) in [5.74, 6) is -1.55. The van der Waals surface area contributed by atoms with E-state index in [1.807, 2.05) is 13.0 Å². The van der Waals surface area contributed by atoms with E-state index in [0.717, 1.165) is 18.2 Å². The van der Waals surface area contributed by atoms with Crippen LogP contribution in [0.3, 0.4) is 0 Å². The number of para-hydroxylation sites is 1. The number of carbonyl (C=O) groups is 1. The highest BCUT2D eigenvalue weighted by Crippen LogP contribution is 2.23. The number of sulfonamides is 1. The minimum Gasteiger partial charge on any atom is -0.321 e. The van der Waals surface area contributed by atoms with E-state index in [9.17, 15) is 17.6 Å². The molecule has 0 spiro atoms. The standard InChI is InChI=1S/C20H20FN3O3S/c1-3-13(2)24-28(26,27)14-8-9-17(21)16(12-14)20(25)23-19-10-11-22-18-7-5-4-6-15(18)19/h4-13,24H,3H2,1-2H3,(H,22,23,25)/t13-/m1/s1. The molecule has 1 aromatic heterocycles. The minimum atomic E-state index is -3.86. The third kappa shape index (κ3) is 4.18. The SMILES string of the molecule is CC[C@@H](C)NS(=O)(=O)c1ccc(F)c(C(=O)Nc2ccnc3ccccc23)c1. The second-order valence-corrected chi connectivity index (χ2v) is 8.12. The van der Waals surface area contributed by atoms with E-state index in [1.54, 1.807) is 31.2 Å². The maximum atomic E-state index is 14.3. The average Bonchev–Trinajstić information content (AvgIpc) is 2.68. The molecule has 0 unspecified atom stereocenters. The van der Waals surface area contributed by atoms with Crippen LogP contribution in [0.5, 0.6) is 0 Å². The summed E-state index contributed by atoms with van der Waals surface area (Å²) in [5.41, 5.74) is 0.781. The summed E-state index contributed by atoms with van der Waals surface area (Å²) >= 11 is 0. The molecule has 1 amide bonds. The van der Waals surface area contributed by atoms with Gasteiger partial charge in [-0.3, -0.25) is 9.78 Å². The van der Waals surface area contributed by atoms with Crippen LogP contribution in [-0.2, 0) is 10.0 Å². The van der Waals surface area contributed by atoms with Gasteiger partial charge in [-0.25, -0.2) is 17.5 Å². The number of nitrogens with zero attached hydrogens (tertiary/aromatic N) is 1. The van der Waals surface area contributed by atoms with Crippen molar-refractivity contribution in [1.82, 2.24) is 9.71 Å². The third-order valence-electron chi connectivity index (χ3n) is 4.36. The molecule has 2 aromatic carbocycles. The van der Waals surface area contributed by atoms with Crippen molar-refractivity contribution in [3.05, 3.63) is 66.1 Å². The Balaban J connectivity index is 1.94. The van der Waals surface area contributed by atoms with E-state index >= 15 is 0 Å². The van der Waals surface area contributed by atoms with Gasteiger partial charge >= 0.3 is 0 Å². The zero-order chi connectivity index (χ0) is 20.3. The van der Waals surface area contributed by atoms with Gasteiger partial charge in [-0.2, -0.15) is 0 Å². The van der Waals surface area contributed by atoms with Crippen LogP contribution in [0.1, 0.15) is 30.6 Å². The Morgan fingerprint density at radius 1 is 1.18 bits per heavy atom. The molecule has 1 atom stereocenters. The molecule has 0 radical (unpaired) electrons. The first-order chi connectivity index (χ1) is 13.3. The average molecular weight is 401 g/mol. The summed E-state index contributed by atoms with van der Waals surface area (Å²) in [4.78, 5) is 16.7. The number of hydrogen-bond donors (Lipinski definition) is 2. The number of halogens is 1. The molecular weight excluding hydrogens is 381 g/mol. The Morgan fingerprint density at radius 3 is 2.68 bits per heavy atom. The number of aromatic nitrogens is 1. The number of anilines is 1. The second kappa shape index (κ2) is 8.04. The van der Waals surface area contributed by atoms with Crippen LogP contribution < -0.4 is 10.0 Å². The van der Waals surface area contributed by atoms with Gasteiger partial charge in [0.15, 0.2) is 0 Å². The highest BCUT2D eigenvalue weighted by molar-refractivity contribution is 7.89. The summed E-state index contributed by atoms with van der Waals surface area (Å²) in [6.07, 6.45) is 2.13. The van der Waals surface area contributed by atoms with E-state index in [-0.39, 0.29) is 16.5 Å². The lowest BCUT2D eigenvalue weighted by Gasteiger charge is -2.13. The fourth-order valence-electron chi connectivity index (χ4n) is 2.66. The van der Waals surface area contributed by atoms with Crippen molar-refractivity contribution in [3.63, 3.8) is 0 Å².